The first-order valence-electron chi connectivity index (χ1n) is 7.86. The average molecular weight is 354 g/mol. The van der Waals surface area contributed by atoms with Crippen LogP contribution in [0, 0.1) is 0 Å². The number of aliphatic hydroxyl groups is 1. The SMILES string of the molecule is COc1ccc(/C(O)=C2/C(=O)C(=O)N(C)C2c2cccnc2)cc1OC. The third-order valence-corrected chi connectivity index (χ3v) is 4.33. The first kappa shape index (κ1) is 17.5. The van der Waals surface area contributed by atoms with Gasteiger partial charge in [-0.15, -0.1) is 0 Å². The Kier molecular flexibility index (Phi) is 4.62. The zero-order valence-electron chi connectivity index (χ0n) is 14.6. The zero-order chi connectivity index (χ0) is 18.8. The topological polar surface area (TPSA) is 89.0 Å². The molecule has 0 radical (unpaired) electrons. The number of carbonyl (C=O) groups excluding carboxylic acids is 2. The highest BCUT2D eigenvalue weighted by Crippen LogP contribution is 2.39. The van der Waals surface area contributed by atoms with Crippen molar-refractivity contribution in [1.82, 2.24) is 9.88 Å². The van der Waals surface area contributed by atoms with Gasteiger partial charge in [0.25, 0.3) is 11.7 Å². The monoisotopic (exact) mass is 354 g/mol. The van der Waals surface area contributed by atoms with Crippen LogP contribution in [0.1, 0.15) is 17.2 Å². The molecule has 1 saturated heterocycles. The third kappa shape index (κ3) is 2.77. The molecular weight excluding hydrogens is 336 g/mol. The van der Waals surface area contributed by atoms with Gasteiger partial charge < -0.3 is 19.5 Å². The molecule has 1 aliphatic heterocycles. The molecule has 2 aromatic rings. The van der Waals surface area contributed by atoms with Crippen molar-refractivity contribution < 1.29 is 24.2 Å². The number of likely N-dealkylation sites (tertiary alicyclic amines) is 1. The minimum absolute atomic E-state index is 0.0118. The lowest BCUT2D eigenvalue weighted by Crippen LogP contribution is -2.24. The Bertz CT molecular complexity index is 892. The number of hydrogen-bond donors (Lipinski definition) is 1. The molecule has 0 saturated carbocycles. The number of ketones is 1. The molecule has 2 heterocycles. The normalized spacial score (nSPS) is 18.9. The van der Waals surface area contributed by atoms with Crippen molar-refractivity contribution in [2.75, 3.05) is 21.3 Å². The summed E-state index contributed by atoms with van der Waals surface area (Å²) in [5, 5.41) is 10.8. The molecule has 3 rings (SSSR count). The predicted molar refractivity (Wildman–Crippen MR) is 93.8 cm³/mol. The van der Waals surface area contributed by atoms with Crippen molar-refractivity contribution in [2.24, 2.45) is 0 Å². The third-order valence-electron chi connectivity index (χ3n) is 4.33. The van der Waals surface area contributed by atoms with Crippen LogP contribution in [0.3, 0.4) is 0 Å². The lowest BCUT2D eigenvalue weighted by atomic mass is 9.96. The van der Waals surface area contributed by atoms with Gasteiger partial charge in [-0.05, 0) is 29.8 Å². The van der Waals surface area contributed by atoms with Crippen molar-refractivity contribution in [1.29, 1.82) is 0 Å². The van der Waals surface area contributed by atoms with Crippen LogP contribution in [-0.2, 0) is 9.59 Å². The molecule has 134 valence electrons. The molecule has 7 nitrogen and oxygen atoms in total. The van der Waals surface area contributed by atoms with Gasteiger partial charge in [0.15, 0.2) is 11.5 Å². The Morgan fingerprint density at radius 1 is 1.15 bits per heavy atom. The largest absolute Gasteiger partial charge is 0.507 e. The molecule has 0 spiro atoms. The average Bonchev–Trinajstić information content (AvgIpc) is 2.91. The van der Waals surface area contributed by atoms with E-state index in [1.165, 1.54) is 26.2 Å². The fourth-order valence-corrected chi connectivity index (χ4v) is 3.01. The van der Waals surface area contributed by atoms with Gasteiger partial charge >= 0.3 is 0 Å². The summed E-state index contributed by atoms with van der Waals surface area (Å²) in [6, 6.07) is 7.52. The van der Waals surface area contributed by atoms with Gasteiger partial charge in [-0.25, -0.2) is 0 Å². The van der Waals surface area contributed by atoms with Gasteiger partial charge in [0.05, 0.1) is 25.8 Å². The van der Waals surface area contributed by atoms with E-state index in [1.807, 2.05) is 0 Å². The van der Waals surface area contributed by atoms with E-state index in [2.05, 4.69) is 4.98 Å². The summed E-state index contributed by atoms with van der Waals surface area (Å²) in [6.45, 7) is 0. The highest BCUT2D eigenvalue weighted by molar-refractivity contribution is 6.46. The number of rotatable bonds is 4. The summed E-state index contributed by atoms with van der Waals surface area (Å²) >= 11 is 0. The smallest absolute Gasteiger partial charge is 0.295 e. The number of benzene rings is 1. The van der Waals surface area contributed by atoms with Crippen molar-refractivity contribution in [3.63, 3.8) is 0 Å². The zero-order valence-corrected chi connectivity index (χ0v) is 14.6. The molecule has 1 amide bonds. The molecule has 0 aliphatic carbocycles. The maximum atomic E-state index is 12.5. The predicted octanol–water partition coefficient (Wildman–Crippen LogP) is 2.15. The summed E-state index contributed by atoms with van der Waals surface area (Å²) in [5.74, 6) is -0.805. The number of likely N-dealkylation sites (N-methyl/N-ethyl adjacent to an activating group) is 1. The van der Waals surface area contributed by atoms with Gasteiger partial charge in [0.2, 0.25) is 0 Å². The molecule has 1 aromatic carbocycles. The molecule has 1 aliphatic rings. The second kappa shape index (κ2) is 6.87. The molecular formula is C19H18N2O5. The van der Waals surface area contributed by atoms with Gasteiger partial charge in [-0.2, -0.15) is 0 Å². The number of aliphatic hydroxyl groups excluding tert-OH is 1. The molecule has 1 atom stereocenters. The second-order valence-corrected chi connectivity index (χ2v) is 5.77. The number of Topliss-reactive ketones (excluding diaryl/α,β-unsaturated/α-hetero) is 1. The summed E-state index contributed by atoms with van der Waals surface area (Å²) < 4.78 is 10.4. The Hall–Kier alpha value is -3.35. The van der Waals surface area contributed by atoms with Crippen LogP contribution in [0.5, 0.6) is 11.5 Å². The van der Waals surface area contributed by atoms with Crippen LogP contribution in [-0.4, -0.2) is 47.9 Å². The van der Waals surface area contributed by atoms with Crippen LogP contribution in [0.15, 0.2) is 48.3 Å². The first-order valence-corrected chi connectivity index (χ1v) is 7.86. The van der Waals surface area contributed by atoms with E-state index in [-0.39, 0.29) is 11.3 Å². The highest BCUT2D eigenvalue weighted by atomic mass is 16.5. The quantitative estimate of drug-likeness (QED) is 0.514. The van der Waals surface area contributed by atoms with E-state index in [4.69, 9.17) is 9.47 Å². The summed E-state index contributed by atoms with van der Waals surface area (Å²) in [4.78, 5) is 30.1. The minimum Gasteiger partial charge on any atom is -0.507 e. The molecule has 7 heteroatoms. The highest BCUT2D eigenvalue weighted by Gasteiger charge is 2.44. The van der Waals surface area contributed by atoms with E-state index < -0.39 is 17.7 Å². The number of amides is 1. The van der Waals surface area contributed by atoms with E-state index in [0.717, 1.165) is 0 Å². The summed E-state index contributed by atoms with van der Waals surface area (Å²) in [5.41, 5.74) is 0.997. The van der Waals surface area contributed by atoms with Crippen LogP contribution in [0.4, 0.5) is 0 Å². The summed E-state index contributed by atoms with van der Waals surface area (Å²) in [7, 11) is 4.50. The fraction of sp³-hybridized carbons (Fsp3) is 0.211. The number of pyridine rings is 1. The maximum Gasteiger partial charge on any atom is 0.295 e. The molecule has 1 fully saturated rings. The number of methoxy groups -OCH3 is 2. The molecule has 1 unspecified atom stereocenters. The van der Waals surface area contributed by atoms with E-state index in [0.29, 0.717) is 22.6 Å². The van der Waals surface area contributed by atoms with E-state index in [9.17, 15) is 14.7 Å². The first-order chi connectivity index (χ1) is 12.5. The Morgan fingerprint density at radius 3 is 2.50 bits per heavy atom. The Labute approximate surface area is 150 Å². The van der Waals surface area contributed by atoms with Gasteiger partial charge in [-0.1, -0.05) is 6.07 Å². The van der Waals surface area contributed by atoms with Gasteiger partial charge in [0, 0.05) is 25.0 Å². The molecule has 1 N–H and O–H groups in total. The molecule has 0 bridgehead atoms. The minimum atomic E-state index is -0.742. The van der Waals surface area contributed by atoms with Crippen molar-refractivity contribution >= 4 is 17.4 Å². The van der Waals surface area contributed by atoms with E-state index in [1.54, 1.807) is 42.7 Å². The van der Waals surface area contributed by atoms with Gasteiger partial charge in [0.1, 0.15) is 5.76 Å². The number of hydrogen-bond acceptors (Lipinski definition) is 6. The molecule has 1 aromatic heterocycles. The molecule has 26 heavy (non-hydrogen) atoms. The second-order valence-electron chi connectivity index (χ2n) is 5.77. The van der Waals surface area contributed by atoms with Gasteiger partial charge in [-0.3, -0.25) is 14.6 Å². The van der Waals surface area contributed by atoms with Crippen LogP contribution in [0.2, 0.25) is 0 Å². The van der Waals surface area contributed by atoms with Crippen molar-refractivity contribution in [3.05, 3.63) is 59.4 Å². The Balaban J connectivity index is 2.17. The number of carbonyl (C=O) groups is 2. The lowest BCUT2D eigenvalue weighted by Gasteiger charge is -2.20. The number of ether oxygens (including phenoxy) is 2. The fourth-order valence-electron chi connectivity index (χ4n) is 3.01. The van der Waals surface area contributed by atoms with Crippen molar-refractivity contribution in [3.8, 4) is 11.5 Å². The standard InChI is InChI=1S/C19H18N2O5/c1-21-16(12-5-4-8-20-10-12)15(18(23)19(21)24)17(22)11-6-7-13(25-2)14(9-11)26-3/h4-10,16,22H,1-3H3/b17-15-. The number of aromatic nitrogens is 1. The maximum absolute atomic E-state index is 12.5. The van der Waals surface area contributed by atoms with Crippen LogP contribution < -0.4 is 9.47 Å². The summed E-state index contributed by atoms with van der Waals surface area (Å²) in [6.07, 6.45) is 3.16. The number of nitrogens with zero attached hydrogens (tertiary/aromatic N) is 2. The van der Waals surface area contributed by atoms with Crippen LogP contribution in [0.25, 0.3) is 5.76 Å². The Morgan fingerprint density at radius 2 is 1.88 bits per heavy atom. The lowest BCUT2D eigenvalue weighted by molar-refractivity contribution is -0.139. The van der Waals surface area contributed by atoms with Crippen LogP contribution >= 0.6 is 0 Å². The van der Waals surface area contributed by atoms with Crippen molar-refractivity contribution in [2.45, 2.75) is 6.04 Å². The van der Waals surface area contributed by atoms with E-state index >= 15 is 0 Å².